The highest BCUT2D eigenvalue weighted by atomic mass is 32.2. The second-order valence-electron chi connectivity index (χ2n) is 4.77. The minimum Gasteiger partial charge on any atom is -0.356 e. The molecule has 116 valence electrons. The third-order valence-electron chi connectivity index (χ3n) is 3.29. The van der Waals surface area contributed by atoms with E-state index in [1.807, 2.05) is 0 Å². The van der Waals surface area contributed by atoms with E-state index in [0.717, 1.165) is 0 Å². The molecular weight excluding hydrogens is 282 g/mol. The number of carbonyl (C=O) groups is 2. The minimum absolute atomic E-state index is 0.0175. The summed E-state index contributed by atoms with van der Waals surface area (Å²) in [6, 6.07) is 0. The molecule has 0 atom stereocenters. The van der Waals surface area contributed by atoms with Crippen LogP contribution in [-0.4, -0.2) is 67.9 Å². The van der Waals surface area contributed by atoms with E-state index >= 15 is 0 Å². The highest BCUT2D eigenvalue weighted by Gasteiger charge is 2.27. The zero-order valence-electron chi connectivity index (χ0n) is 12.1. The van der Waals surface area contributed by atoms with E-state index in [9.17, 15) is 18.0 Å². The zero-order chi connectivity index (χ0) is 15.2. The van der Waals surface area contributed by atoms with Crippen LogP contribution in [0.4, 0.5) is 0 Å². The van der Waals surface area contributed by atoms with Crippen LogP contribution in [0, 0.1) is 0 Å². The summed E-state index contributed by atoms with van der Waals surface area (Å²) >= 11 is 0. The van der Waals surface area contributed by atoms with Gasteiger partial charge in [0.05, 0.1) is 5.75 Å². The molecule has 0 aliphatic carbocycles. The average Bonchev–Trinajstić information content (AvgIpc) is 2.43. The molecule has 0 saturated carbocycles. The lowest BCUT2D eigenvalue weighted by Crippen LogP contribution is -2.50. The molecule has 1 aliphatic heterocycles. The average molecular weight is 305 g/mol. The normalized spacial score (nSPS) is 17.0. The molecule has 1 N–H and O–H groups in total. The lowest BCUT2D eigenvalue weighted by Gasteiger charge is -2.33. The summed E-state index contributed by atoms with van der Waals surface area (Å²) < 4.78 is 24.8. The van der Waals surface area contributed by atoms with Crippen LogP contribution in [0.15, 0.2) is 0 Å². The summed E-state index contributed by atoms with van der Waals surface area (Å²) in [4.78, 5) is 24.3. The molecule has 7 nitrogen and oxygen atoms in total. The maximum atomic E-state index is 11.9. The molecule has 8 heteroatoms. The highest BCUT2D eigenvalue weighted by Crippen LogP contribution is 2.09. The van der Waals surface area contributed by atoms with Crippen LogP contribution in [0.3, 0.4) is 0 Å². The Bertz CT molecular complexity index is 442. The lowest BCUT2D eigenvalue weighted by atomic mass is 10.2. The van der Waals surface area contributed by atoms with Crippen LogP contribution >= 0.6 is 0 Å². The second kappa shape index (κ2) is 7.58. The first-order chi connectivity index (χ1) is 9.36. The fourth-order valence-corrected chi connectivity index (χ4v) is 3.15. The number of nitrogens with zero attached hydrogens (tertiary/aromatic N) is 2. The third kappa shape index (κ3) is 5.09. The molecular formula is C12H23N3O4S. The van der Waals surface area contributed by atoms with E-state index in [2.05, 4.69) is 5.32 Å². The Balaban J connectivity index is 2.31. The van der Waals surface area contributed by atoms with Crippen molar-refractivity contribution in [2.24, 2.45) is 0 Å². The van der Waals surface area contributed by atoms with Crippen molar-refractivity contribution in [1.82, 2.24) is 14.5 Å². The van der Waals surface area contributed by atoms with Crippen LogP contribution in [0.1, 0.15) is 26.7 Å². The van der Waals surface area contributed by atoms with Gasteiger partial charge in [-0.25, -0.2) is 8.42 Å². The monoisotopic (exact) mass is 305 g/mol. The molecule has 1 fully saturated rings. The van der Waals surface area contributed by atoms with Gasteiger partial charge in [0, 0.05) is 46.1 Å². The summed E-state index contributed by atoms with van der Waals surface area (Å²) in [5.74, 6) is 0.0113. The predicted molar refractivity (Wildman–Crippen MR) is 75.5 cm³/mol. The van der Waals surface area contributed by atoms with Crippen molar-refractivity contribution in [1.29, 1.82) is 0 Å². The van der Waals surface area contributed by atoms with E-state index in [4.69, 9.17) is 0 Å². The summed E-state index contributed by atoms with van der Waals surface area (Å²) in [6.07, 6.45) is 0.979. The first kappa shape index (κ1) is 16.9. The first-order valence-corrected chi connectivity index (χ1v) is 8.47. The van der Waals surface area contributed by atoms with E-state index in [0.29, 0.717) is 45.6 Å². The van der Waals surface area contributed by atoms with Gasteiger partial charge >= 0.3 is 0 Å². The molecule has 2 amide bonds. The molecule has 0 bridgehead atoms. The van der Waals surface area contributed by atoms with Crippen LogP contribution in [-0.2, 0) is 19.6 Å². The lowest BCUT2D eigenvalue weighted by molar-refractivity contribution is -0.132. The van der Waals surface area contributed by atoms with Gasteiger partial charge in [-0.2, -0.15) is 4.31 Å². The molecule has 0 aromatic carbocycles. The van der Waals surface area contributed by atoms with Crippen molar-refractivity contribution in [3.63, 3.8) is 0 Å². The number of hydrogen-bond donors (Lipinski definition) is 1. The quantitative estimate of drug-likeness (QED) is 0.664. The number of piperazine rings is 1. The third-order valence-corrected chi connectivity index (χ3v) is 5.17. The van der Waals surface area contributed by atoms with Gasteiger partial charge in [0.15, 0.2) is 0 Å². The van der Waals surface area contributed by atoms with Gasteiger partial charge in [-0.15, -0.1) is 0 Å². The Morgan fingerprint density at radius 1 is 1.15 bits per heavy atom. The van der Waals surface area contributed by atoms with Gasteiger partial charge in [-0.1, -0.05) is 0 Å². The highest BCUT2D eigenvalue weighted by molar-refractivity contribution is 7.89. The van der Waals surface area contributed by atoms with Crippen LogP contribution < -0.4 is 5.32 Å². The molecule has 1 rings (SSSR count). The van der Waals surface area contributed by atoms with Crippen molar-refractivity contribution in [3.8, 4) is 0 Å². The number of hydrogen-bond acceptors (Lipinski definition) is 4. The van der Waals surface area contributed by atoms with Crippen molar-refractivity contribution < 1.29 is 18.0 Å². The zero-order valence-corrected chi connectivity index (χ0v) is 12.9. The van der Waals surface area contributed by atoms with E-state index < -0.39 is 10.0 Å². The molecule has 0 aromatic rings. The molecule has 0 spiro atoms. The molecule has 0 unspecified atom stereocenters. The van der Waals surface area contributed by atoms with Crippen LogP contribution in [0.5, 0.6) is 0 Å². The molecule has 0 aromatic heterocycles. The SMILES string of the molecule is CCS(=O)(=O)N1CCN(C(=O)CCCNC(C)=O)CC1. The number of rotatable bonds is 6. The first-order valence-electron chi connectivity index (χ1n) is 6.87. The topological polar surface area (TPSA) is 86.8 Å². The van der Waals surface area contributed by atoms with Gasteiger partial charge in [0.2, 0.25) is 21.8 Å². The van der Waals surface area contributed by atoms with E-state index in [1.54, 1.807) is 11.8 Å². The van der Waals surface area contributed by atoms with Crippen LogP contribution in [0.2, 0.25) is 0 Å². The van der Waals surface area contributed by atoms with Gasteiger partial charge in [0.1, 0.15) is 0 Å². The van der Waals surface area contributed by atoms with Gasteiger partial charge < -0.3 is 10.2 Å². The van der Waals surface area contributed by atoms with Crippen LogP contribution in [0.25, 0.3) is 0 Å². The Labute approximate surface area is 120 Å². The summed E-state index contributed by atoms with van der Waals surface area (Å²) in [5, 5.41) is 2.64. The van der Waals surface area contributed by atoms with Crippen molar-refractivity contribution in [2.75, 3.05) is 38.5 Å². The van der Waals surface area contributed by atoms with Gasteiger partial charge in [-0.05, 0) is 13.3 Å². The Kier molecular flexibility index (Phi) is 6.41. The van der Waals surface area contributed by atoms with Gasteiger partial charge in [-0.3, -0.25) is 9.59 Å². The Morgan fingerprint density at radius 3 is 2.25 bits per heavy atom. The van der Waals surface area contributed by atoms with Crippen molar-refractivity contribution in [3.05, 3.63) is 0 Å². The number of amides is 2. The van der Waals surface area contributed by atoms with Crippen molar-refractivity contribution >= 4 is 21.8 Å². The largest absolute Gasteiger partial charge is 0.356 e. The van der Waals surface area contributed by atoms with Crippen molar-refractivity contribution in [2.45, 2.75) is 26.7 Å². The van der Waals surface area contributed by atoms with E-state index in [-0.39, 0.29) is 17.6 Å². The summed E-state index contributed by atoms with van der Waals surface area (Å²) in [6.45, 7) is 5.17. The number of sulfonamides is 1. The second-order valence-corrected chi connectivity index (χ2v) is 7.02. The molecule has 1 saturated heterocycles. The molecule has 20 heavy (non-hydrogen) atoms. The summed E-state index contributed by atoms with van der Waals surface area (Å²) in [5.41, 5.74) is 0. The predicted octanol–water partition coefficient (Wildman–Crippen LogP) is -0.603. The minimum atomic E-state index is -3.15. The fourth-order valence-electron chi connectivity index (χ4n) is 2.06. The molecule has 0 radical (unpaired) electrons. The maximum absolute atomic E-state index is 11.9. The van der Waals surface area contributed by atoms with E-state index in [1.165, 1.54) is 11.2 Å². The molecule has 1 aliphatic rings. The Morgan fingerprint density at radius 2 is 1.75 bits per heavy atom. The fraction of sp³-hybridized carbons (Fsp3) is 0.833. The number of carbonyl (C=O) groups excluding carboxylic acids is 2. The number of nitrogens with one attached hydrogen (secondary N) is 1. The maximum Gasteiger partial charge on any atom is 0.222 e. The van der Waals surface area contributed by atoms with Gasteiger partial charge in [0.25, 0.3) is 0 Å². The Hall–Kier alpha value is -1.15. The molecule has 1 heterocycles. The smallest absolute Gasteiger partial charge is 0.222 e. The standard InChI is InChI=1S/C12H23N3O4S/c1-3-20(18,19)15-9-7-14(8-10-15)12(17)5-4-6-13-11(2)16/h3-10H2,1-2H3,(H,13,16). The summed E-state index contributed by atoms with van der Waals surface area (Å²) in [7, 11) is -3.15.